The molecule has 0 saturated carbocycles. The van der Waals surface area contributed by atoms with Crippen LogP contribution in [0.3, 0.4) is 0 Å². The summed E-state index contributed by atoms with van der Waals surface area (Å²) in [5.74, 6) is -0.565. The number of rotatable bonds is 4. The van der Waals surface area contributed by atoms with E-state index in [0.717, 1.165) is 24.8 Å². The molecule has 2 aromatic rings. The topological polar surface area (TPSA) is 72.5 Å². The third-order valence-corrected chi connectivity index (χ3v) is 5.70. The maximum absolute atomic E-state index is 12.6. The van der Waals surface area contributed by atoms with Crippen molar-refractivity contribution in [2.45, 2.75) is 24.2 Å². The number of hydrogen-bond acceptors (Lipinski definition) is 4. The van der Waals surface area contributed by atoms with Crippen LogP contribution in [0, 0.1) is 0 Å². The molecule has 5 nitrogen and oxygen atoms in total. The van der Waals surface area contributed by atoms with Crippen LogP contribution >= 0.6 is 11.6 Å². The zero-order valence-corrected chi connectivity index (χ0v) is 14.6. The Morgan fingerprint density at radius 3 is 2.62 bits per heavy atom. The molecular formula is C17H16ClNO4S. The SMILES string of the molecule is COC(=O)c1ccc(Cl)c(NS(=O)(=O)c2ccc3c(c2)CCC3)c1. The summed E-state index contributed by atoms with van der Waals surface area (Å²) in [6, 6.07) is 9.42. The maximum Gasteiger partial charge on any atom is 0.337 e. The summed E-state index contributed by atoms with van der Waals surface area (Å²) in [5.41, 5.74) is 2.61. The molecule has 0 saturated heterocycles. The molecule has 2 aromatic carbocycles. The zero-order valence-electron chi connectivity index (χ0n) is 13.0. The van der Waals surface area contributed by atoms with E-state index in [9.17, 15) is 13.2 Å². The summed E-state index contributed by atoms with van der Waals surface area (Å²) in [4.78, 5) is 11.8. The van der Waals surface area contributed by atoms with Gasteiger partial charge in [0.05, 0.1) is 28.3 Å². The van der Waals surface area contributed by atoms with Gasteiger partial charge in [0.15, 0.2) is 0 Å². The molecular weight excluding hydrogens is 350 g/mol. The fourth-order valence-corrected chi connectivity index (χ4v) is 4.11. The Kier molecular flexibility index (Phi) is 4.51. The van der Waals surface area contributed by atoms with Crippen LogP contribution in [-0.4, -0.2) is 21.5 Å². The summed E-state index contributed by atoms with van der Waals surface area (Å²) in [6.07, 6.45) is 2.91. The van der Waals surface area contributed by atoms with Crippen molar-refractivity contribution < 1.29 is 17.9 Å². The zero-order chi connectivity index (χ0) is 17.3. The average Bonchev–Trinajstić information content (AvgIpc) is 3.03. The summed E-state index contributed by atoms with van der Waals surface area (Å²) in [7, 11) is -2.54. The van der Waals surface area contributed by atoms with Gasteiger partial charge in [-0.25, -0.2) is 13.2 Å². The molecule has 0 atom stereocenters. The first kappa shape index (κ1) is 16.8. The highest BCUT2D eigenvalue weighted by atomic mass is 35.5. The van der Waals surface area contributed by atoms with Crippen LogP contribution < -0.4 is 4.72 Å². The Morgan fingerprint density at radius 2 is 1.88 bits per heavy atom. The van der Waals surface area contributed by atoms with Crippen molar-refractivity contribution in [3.8, 4) is 0 Å². The molecule has 0 spiro atoms. The first-order valence-corrected chi connectivity index (χ1v) is 9.29. The van der Waals surface area contributed by atoms with E-state index in [4.69, 9.17) is 11.6 Å². The van der Waals surface area contributed by atoms with Crippen molar-refractivity contribution in [1.29, 1.82) is 0 Å². The largest absolute Gasteiger partial charge is 0.465 e. The van der Waals surface area contributed by atoms with Gasteiger partial charge in [-0.2, -0.15) is 0 Å². The molecule has 126 valence electrons. The number of benzene rings is 2. The fourth-order valence-electron chi connectivity index (χ4n) is 2.77. The predicted octanol–water partition coefficient (Wildman–Crippen LogP) is 3.42. The van der Waals surface area contributed by atoms with Crippen molar-refractivity contribution in [1.82, 2.24) is 0 Å². The van der Waals surface area contributed by atoms with Gasteiger partial charge in [0.25, 0.3) is 10.0 Å². The van der Waals surface area contributed by atoms with E-state index < -0.39 is 16.0 Å². The van der Waals surface area contributed by atoms with E-state index >= 15 is 0 Å². The van der Waals surface area contributed by atoms with E-state index in [2.05, 4.69) is 9.46 Å². The molecule has 0 fully saturated rings. The van der Waals surface area contributed by atoms with Gasteiger partial charge in [-0.1, -0.05) is 17.7 Å². The van der Waals surface area contributed by atoms with Gasteiger partial charge in [0.2, 0.25) is 0 Å². The minimum Gasteiger partial charge on any atom is -0.465 e. The number of sulfonamides is 1. The van der Waals surface area contributed by atoms with Crippen LogP contribution in [0.15, 0.2) is 41.3 Å². The van der Waals surface area contributed by atoms with Crippen LogP contribution in [0.25, 0.3) is 0 Å². The Labute approximate surface area is 145 Å². The number of anilines is 1. The molecule has 0 heterocycles. The highest BCUT2D eigenvalue weighted by Gasteiger charge is 2.20. The molecule has 0 bridgehead atoms. The number of hydrogen-bond donors (Lipinski definition) is 1. The first-order valence-electron chi connectivity index (χ1n) is 7.43. The van der Waals surface area contributed by atoms with Gasteiger partial charge in [-0.3, -0.25) is 4.72 Å². The summed E-state index contributed by atoms with van der Waals surface area (Å²) >= 11 is 6.05. The molecule has 0 radical (unpaired) electrons. The van der Waals surface area contributed by atoms with Crippen LogP contribution in [0.1, 0.15) is 27.9 Å². The number of nitrogens with one attached hydrogen (secondary N) is 1. The molecule has 0 aromatic heterocycles. The number of ether oxygens (including phenoxy) is 1. The van der Waals surface area contributed by atoms with Gasteiger partial charge in [0, 0.05) is 0 Å². The molecule has 0 unspecified atom stereocenters. The minimum atomic E-state index is -3.79. The van der Waals surface area contributed by atoms with Gasteiger partial charge < -0.3 is 4.74 Å². The van der Waals surface area contributed by atoms with Gasteiger partial charge in [0.1, 0.15) is 0 Å². The van der Waals surface area contributed by atoms with E-state index in [1.54, 1.807) is 12.1 Å². The number of aryl methyl sites for hydroxylation is 2. The number of halogens is 1. The molecule has 7 heteroatoms. The van der Waals surface area contributed by atoms with Gasteiger partial charge in [-0.15, -0.1) is 0 Å². The molecule has 24 heavy (non-hydrogen) atoms. The van der Waals surface area contributed by atoms with Crippen molar-refractivity contribution in [3.63, 3.8) is 0 Å². The lowest BCUT2D eigenvalue weighted by Crippen LogP contribution is -2.14. The summed E-state index contributed by atoms with van der Waals surface area (Å²) in [6.45, 7) is 0. The van der Waals surface area contributed by atoms with Crippen LogP contribution in [0.5, 0.6) is 0 Å². The van der Waals surface area contributed by atoms with Crippen molar-refractivity contribution >= 4 is 33.3 Å². The Balaban J connectivity index is 1.93. The monoisotopic (exact) mass is 365 g/mol. The smallest absolute Gasteiger partial charge is 0.337 e. The van der Waals surface area contributed by atoms with E-state index in [-0.39, 0.29) is 21.2 Å². The first-order chi connectivity index (χ1) is 11.4. The highest BCUT2D eigenvalue weighted by molar-refractivity contribution is 7.92. The standard InChI is InChI=1S/C17H16ClNO4S/c1-23-17(20)13-6-8-15(18)16(10-13)19-24(21,22)14-7-5-11-3-2-4-12(11)9-14/h5-10,19H,2-4H2,1H3. The Hall–Kier alpha value is -2.05. The summed E-state index contributed by atoms with van der Waals surface area (Å²) < 4.78 is 32.3. The van der Waals surface area contributed by atoms with Crippen molar-refractivity contribution in [2.24, 2.45) is 0 Å². The van der Waals surface area contributed by atoms with E-state index in [1.807, 2.05) is 6.07 Å². The third-order valence-electron chi connectivity index (χ3n) is 4.01. The number of carbonyl (C=O) groups is 1. The third kappa shape index (κ3) is 3.25. The Morgan fingerprint density at radius 1 is 1.12 bits per heavy atom. The molecule has 1 aliphatic carbocycles. The van der Waals surface area contributed by atoms with E-state index in [0.29, 0.717) is 0 Å². The second-order valence-electron chi connectivity index (χ2n) is 5.58. The van der Waals surface area contributed by atoms with E-state index in [1.165, 1.54) is 30.9 Å². The quantitative estimate of drug-likeness (QED) is 0.842. The maximum atomic E-state index is 12.6. The molecule has 0 aliphatic heterocycles. The number of esters is 1. The van der Waals surface area contributed by atoms with Crippen LogP contribution in [0.4, 0.5) is 5.69 Å². The molecule has 1 N–H and O–H groups in total. The molecule has 0 amide bonds. The number of carbonyl (C=O) groups excluding carboxylic acids is 1. The average molecular weight is 366 g/mol. The number of methoxy groups -OCH3 is 1. The van der Waals surface area contributed by atoms with Crippen LogP contribution in [-0.2, 0) is 27.6 Å². The molecule has 3 rings (SSSR count). The Bertz CT molecular complexity index is 909. The highest BCUT2D eigenvalue weighted by Crippen LogP contribution is 2.28. The predicted molar refractivity (Wildman–Crippen MR) is 92.1 cm³/mol. The second kappa shape index (κ2) is 6.45. The second-order valence-corrected chi connectivity index (χ2v) is 7.67. The lowest BCUT2D eigenvalue weighted by molar-refractivity contribution is 0.0601. The molecule has 1 aliphatic rings. The minimum absolute atomic E-state index is 0.139. The van der Waals surface area contributed by atoms with Crippen molar-refractivity contribution in [3.05, 3.63) is 58.1 Å². The fraction of sp³-hybridized carbons (Fsp3) is 0.235. The van der Waals surface area contributed by atoms with Crippen LogP contribution in [0.2, 0.25) is 5.02 Å². The van der Waals surface area contributed by atoms with Crippen molar-refractivity contribution in [2.75, 3.05) is 11.8 Å². The lowest BCUT2D eigenvalue weighted by Gasteiger charge is -2.12. The summed E-state index contributed by atoms with van der Waals surface area (Å²) in [5, 5.41) is 0.201. The lowest BCUT2D eigenvalue weighted by atomic mass is 10.1. The van der Waals surface area contributed by atoms with Gasteiger partial charge in [-0.05, 0) is 60.7 Å². The normalized spacial score (nSPS) is 13.4. The van der Waals surface area contributed by atoms with Gasteiger partial charge >= 0.3 is 5.97 Å². The number of fused-ring (bicyclic) bond motifs is 1.